The second-order valence-electron chi connectivity index (χ2n) is 5.10. The molecule has 0 fully saturated rings. The van der Waals surface area contributed by atoms with Gasteiger partial charge in [0, 0.05) is 23.8 Å². The van der Waals surface area contributed by atoms with Crippen LogP contribution in [0.5, 0.6) is 0 Å². The number of nitrogens with one attached hydrogen (secondary N) is 2. The van der Waals surface area contributed by atoms with Crippen LogP contribution in [-0.2, 0) is 0 Å². The molecule has 0 spiro atoms. The fourth-order valence-corrected chi connectivity index (χ4v) is 2.75. The maximum absolute atomic E-state index is 3.34. The van der Waals surface area contributed by atoms with Crippen LogP contribution in [0.2, 0.25) is 0 Å². The SMILES string of the molecule is Cc1cc(C)cc(C(c2ccc[nH]2)c2ccc[nH]2)c1. The summed E-state index contributed by atoms with van der Waals surface area (Å²) in [5.74, 6) is 0.239. The Morgan fingerprint density at radius 1 is 0.789 bits per heavy atom. The minimum atomic E-state index is 0.239. The van der Waals surface area contributed by atoms with E-state index in [1.165, 1.54) is 28.1 Å². The van der Waals surface area contributed by atoms with Gasteiger partial charge < -0.3 is 9.97 Å². The minimum absolute atomic E-state index is 0.239. The number of aryl methyl sites for hydroxylation is 2. The van der Waals surface area contributed by atoms with Crippen LogP contribution in [0.15, 0.2) is 54.9 Å². The molecule has 0 unspecified atom stereocenters. The first-order chi connectivity index (χ1) is 9.24. The first kappa shape index (κ1) is 11.8. The van der Waals surface area contributed by atoms with Crippen LogP contribution >= 0.6 is 0 Å². The van der Waals surface area contributed by atoms with Gasteiger partial charge >= 0.3 is 0 Å². The normalized spacial score (nSPS) is 11.1. The van der Waals surface area contributed by atoms with Gasteiger partial charge in [-0.15, -0.1) is 0 Å². The van der Waals surface area contributed by atoms with Crippen molar-refractivity contribution in [2.45, 2.75) is 19.8 Å². The average Bonchev–Trinajstić information content (AvgIpc) is 3.01. The lowest BCUT2D eigenvalue weighted by Gasteiger charge is -2.16. The maximum Gasteiger partial charge on any atom is 0.0641 e. The average molecular weight is 250 g/mol. The lowest BCUT2D eigenvalue weighted by atomic mass is 9.90. The van der Waals surface area contributed by atoms with Gasteiger partial charge in [0.2, 0.25) is 0 Å². The molecule has 0 saturated heterocycles. The summed E-state index contributed by atoms with van der Waals surface area (Å²) in [6.45, 7) is 4.30. The van der Waals surface area contributed by atoms with Crippen LogP contribution in [0, 0.1) is 13.8 Å². The van der Waals surface area contributed by atoms with Crippen molar-refractivity contribution in [3.05, 3.63) is 82.9 Å². The molecule has 96 valence electrons. The van der Waals surface area contributed by atoms with E-state index in [1.807, 2.05) is 24.5 Å². The predicted molar refractivity (Wildman–Crippen MR) is 78.4 cm³/mol. The highest BCUT2D eigenvalue weighted by Crippen LogP contribution is 2.30. The lowest BCUT2D eigenvalue weighted by molar-refractivity contribution is 0.894. The Balaban J connectivity index is 2.14. The van der Waals surface area contributed by atoms with Gasteiger partial charge in [0.05, 0.1) is 5.92 Å². The Morgan fingerprint density at radius 3 is 1.74 bits per heavy atom. The van der Waals surface area contributed by atoms with Crippen LogP contribution in [0.4, 0.5) is 0 Å². The number of rotatable bonds is 3. The molecule has 2 nitrogen and oxygen atoms in total. The first-order valence-electron chi connectivity index (χ1n) is 6.59. The van der Waals surface area contributed by atoms with Gasteiger partial charge in [-0.25, -0.2) is 0 Å². The molecule has 1 aromatic carbocycles. The van der Waals surface area contributed by atoms with E-state index in [4.69, 9.17) is 0 Å². The van der Waals surface area contributed by atoms with Crippen LogP contribution in [0.3, 0.4) is 0 Å². The second kappa shape index (κ2) is 4.81. The van der Waals surface area contributed by atoms with Gasteiger partial charge in [0.15, 0.2) is 0 Å². The molecule has 0 radical (unpaired) electrons. The number of hydrogen-bond donors (Lipinski definition) is 2. The molecule has 2 heteroatoms. The van der Waals surface area contributed by atoms with E-state index in [-0.39, 0.29) is 5.92 Å². The Morgan fingerprint density at radius 2 is 1.32 bits per heavy atom. The summed E-state index contributed by atoms with van der Waals surface area (Å²) in [5, 5.41) is 0. The van der Waals surface area contributed by atoms with Gasteiger partial charge in [0.1, 0.15) is 0 Å². The van der Waals surface area contributed by atoms with E-state index in [0.29, 0.717) is 0 Å². The molecule has 2 heterocycles. The summed E-state index contributed by atoms with van der Waals surface area (Å²) in [6, 6.07) is 15.1. The zero-order valence-corrected chi connectivity index (χ0v) is 11.3. The third-order valence-corrected chi connectivity index (χ3v) is 3.44. The first-order valence-corrected chi connectivity index (χ1v) is 6.59. The van der Waals surface area contributed by atoms with E-state index >= 15 is 0 Å². The quantitative estimate of drug-likeness (QED) is 0.700. The monoisotopic (exact) mass is 250 g/mol. The molecule has 3 aromatic rings. The van der Waals surface area contributed by atoms with E-state index in [0.717, 1.165) is 0 Å². The molecular formula is C17H18N2. The van der Waals surface area contributed by atoms with E-state index in [2.05, 4.69) is 54.1 Å². The third kappa shape index (κ3) is 2.34. The van der Waals surface area contributed by atoms with Gasteiger partial charge in [-0.05, 0) is 43.7 Å². The summed E-state index contributed by atoms with van der Waals surface area (Å²) in [7, 11) is 0. The number of benzene rings is 1. The van der Waals surface area contributed by atoms with Crippen molar-refractivity contribution in [2.75, 3.05) is 0 Å². The van der Waals surface area contributed by atoms with Crippen molar-refractivity contribution >= 4 is 0 Å². The topological polar surface area (TPSA) is 31.6 Å². The number of aromatic nitrogens is 2. The summed E-state index contributed by atoms with van der Waals surface area (Å²) < 4.78 is 0. The molecule has 0 aliphatic rings. The van der Waals surface area contributed by atoms with Crippen molar-refractivity contribution in [3.8, 4) is 0 Å². The fraction of sp³-hybridized carbons (Fsp3) is 0.176. The lowest BCUT2D eigenvalue weighted by Crippen LogP contribution is -2.05. The molecule has 19 heavy (non-hydrogen) atoms. The maximum atomic E-state index is 3.34. The van der Waals surface area contributed by atoms with E-state index in [1.54, 1.807) is 0 Å². The standard InChI is InChI=1S/C17H18N2/c1-12-9-13(2)11-14(10-12)17(15-5-3-7-18-15)16-6-4-8-19-16/h3-11,17-19H,1-2H3. The Kier molecular flexibility index (Phi) is 3.00. The van der Waals surface area contributed by atoms with E-state index in [9.17, 15) is 0 Å². The number of H-pyrrole nitrogens is 2. The largest absolute Gasteiger partial charge is 0.364 e. The van der Waals surface area contributed by atoms with Crippen molar-refractivity contribution in [2.24, 2.45) is 0 Å². The molecule has 0 saturated carbocycles. The number of aromatic amines is 2. The van der Waals surface area contributed by atoms with Crippen LogP contribution in [-0.4, -0.2) is 9.97 Å². The Hall–Kier alpha value is -2.22. The van der Waals surface area contributed by atoms with Crippen molar-refractivity contribution in [1.29, 1.82) is 0 Å². The molecule has 3 rings (SSSR count). The summed E-state index contributed by atoms with van der Waals surface area (Å²) in [6.07, 6.45) is 3.96. The van der Waals surface area contributed by atoms with Crippen molar-refractivity contribution < 1.29 is 0 Å². The van der Waals surface area contributed by atoms with Crippen LogP contribution in [0.25, 0.3) is 0 Å². The highest BCUT2D eigenvalue weighted by Gasteiger charge is 2.18. The minimum Gasteiger partial charge on any atom is -0.364 e. The second-order valence-corrected chi connectivity index (χ2v) is 5.10. The molecule has 0 bridgehead atoms. The highest BCUT2D eigenvalue weighted by atomic mass is 14.7. The Bertz CT molecular complexity index is 594. The fourth-order valence-electron chi connectivity index (χ4n) is 2.75. The van der Waals surface area contributed by atoms with Gasteiger partial charge in [-0.1, -0.05) is 29.3 Å². The molecule has 0 amide bonds. The van der Waals surface area contributed by atoms with E-state index < -0.39 is 0 Å². The predicted octanol–water partition coefficient (Wildman–Crippen LogP) is 4.14. The molecule has 0 aliphatic heterocycles. The molecule has 0 aliphatic carbocycles. The molecule has 2 aromatic heterocycles. The molecular weight excluding hydrogens is 232 g/mol. The van der Waals surface area contributed by atoms with Gasteiger partial charge in [-0.2, -0.15) is 0 Å². The molecule has 2 N–H and O–H groups in total. The summed E-state index contributed by atoms with van der Waals surface area (Å²) in [4.78, 5) is 6.69. The summed E-state index contributed by atoms with van der Waals surface area (Å²) >= 11 is 0. The smallest absolute Gasteiger partial charge is 0.0641 e. The van der Waals surface area contributed by atoms with Crippen LogP contribution < -0.4 is 0 Å². The summed E-state index contributed by atoms with van der Waals surface area (Å²) in [5.41, 5.74) is 6.36. The van der Waals surface area contributed by atoms with Crippen molar-refractivity contribution in [3.63, 3.8) is 0 Å². The van der Waals surface area contributed by atoms with Crippen LogP contribution in [0.1, 0.15) is 34.0 Å². The highest BCUT2D eigenvalue weighted by molar-refractivity contribution is 5.41. The zero-order valence-electron chi connectivity index (χ0n) is 11.3. The van der Waals surface area contributed by atoms with Gasteiger partial charge in [-0.3, -0.25) is 0 Å². The third-order valence-electron chi connectivity index (χ3n) is 3.44. The van der Waals surface area contributed by atoms with Gasteiger partial charge in [0.25, 0.3) is 0 Å². The molecule has 0 atom stereocenters. The van der Waals surface area contributed by atoms with Crippen molar-refractivity contribution in [1.82, 2.24) is 9.97 Å². The zero-order chi connectivity index (χ0) is 13.2. The Labute approximate surface area is 113 Å². The number of hydrogen-bond acceptors (Lipinski definition) is 0.